The Morgan fingerprint density at radius 1 is 1.06 bits per heavy atom. The van der Waals surface area contributed by atoms with Gasteiger partial charge in [0, 0.05) is 38.4 Å². The maximum atomic E-state index is 13.0. The molecule has 1 aliphatic rings. The number of sulfonamides is 1. The van der Waals surface area contributed by atoms with E-state index in [0.717, 1.165) is 24.4 Å². The van der Waals surface area contributed by atoms with Crippen LogP contribution in [-0.4, -0.2) is 64.7 Å². The number of hydrogen-bond donors (Lipinski definition) is 2. The highest BCUT2D eigenvalue weighted by Crippen LogP contribution is 2.31. The number of rotatable bonds is 8. The highest BCUT2D eigenvalue weighted by molar-refractivity contribution is 7.92. The first-order valence-electron chi connectivity index (χ1n) is 10.9. The van der Waals surface area contributed by atoms with E-state index in [1.807, 2.05) is 11.8 Å². The second kappa shape index (κ2) is 10.6. The van der Waals surface area contributed by atoms with Gasteiger partial charge in [-0.2, -0.15) is 13.2 Å². The van der Waals surface area contributed by atoms with Crippen LogP contribution in [0.2, 0.25) is 0 Å². The second-order valence-electron chi connectivity index (χ2n) is 8.41. The van der Waals surface area contributed by atoms with Gasteiger partial charge >= 0.3 is 6.18 Å². The van der Waals surface area contributed by atoms with Gasteiger partial charge in [-0.05, 0) is 50.2 Å². The lowest BCUT2D eigenvalue weighted by Crippen LogP contribution is -2.47. The summed E-state index contributed by atoms with van der Waals surface area (Å²) in [5.74, 6) is -0.357. The lowest BCUT2D eigenvalue weighted by Gasteiger charge is -2.36. The number of carbonyl (C=O) groups is 1. The van der Waals surface area contributed by atoms with Crippen LogP contribution >= 0.6 is 0 Å². The van der Waals surface area contributed by atoms with Crippen molar-refractivity contribution < 1.29 is 26.4 Å². The van der Waals surface area contributed by atoms with E-state index >= 15 is 0 Å². The van der Waals surface area contributed by atoms with Crippen molar-refractivity contribution in [3.63, 3.8) is 0 Å². The largest absolute Gasteiger partial charge is 0.416 e. The third kappa shape index (κ3) is 7.36. The fraction of sp³-hybridized carbons (Fsp3) is 0.435. The summed E-state index contributed by atoms with van der Waals surface area (Å²) in [5.41, 5.74) is 1.25. The molecule has 2 N–H and O–H groups in total. The molecular formula is C23H29F3N4O3S. The van der Waals surface area contributed by atoms with Gasteiger partial charge in [0.1, 0.15) is 0 Å². The van der Waals surface area contributed by atoms with E-state index < -0.39 is 21.8 Å². The van der Waals surface area contributed by atoms with Crippen LogP contribution in [0.1, 0.15) is 27.9 Å². The smallest absolute Gasteiger partial charge is 0.369 e. The quantitative estimate of drug-likeness (QED) is 0.546. The first kappa shape index (κ1) is 25.8. The molecule has 1 aliphatic heterocycles. The van der Waals surface area contributed by atoms with Crippen LogP contribution in [0.25, 0.3) is 0 Å². The van der Waals surface area contributed by atoms with Gasteiger partial charge in [-0.25, -0.2) is 8.42 Å². The monoisotopic (exact) mass is 498 g/mol. The van der Waals surface area contributed by atoms with Crippen molar-refractivity contribution in [3.8, 4) is 0 Å². The molecule has 0 radical (unpaired) electrons. The molecule has 7 nitrogen and oxygen atoms in total. The Bertz CT molecular complexity index is 1110. The molecule has 2 aromatic carbocycles. The van der Waals surface area contributed by atoms with E-state index in [0.29, 0.717) is 44.8 Å². The zero-order chi connectivity index (χ0) is 24.9. The van der Waals surface area contributed by atoms with Crippen molar-refractivity contribution in [1.82, 2.24) is 10.2 Å². The third-order valence-corrected chi connectivity index (χ3v) is 6.15. The van der Waals surface area contributed by atoms with Crippen molar-refractivity contribution >= 4 is 27.3 Å². The average Bonchev–Trinajstić information content (AvgIpc) is 2.77. The molecule has 34 heavy (non-hydrogen) atoms. The number of hydrogen-bond acceptors (Lipinski definition) is 5. The summed E-state index contributed by atoms with van der Waals surface area (Å²) in [6.07, 6.45) is -2.64. The normalized spacial score (nSPS) is 15.3. The average molecular weight is 499 g/mol. The Kier molecular flexibility index (Phi) is 8.09. The van der Waals surface area contributed by atoms with Crippen LogP contribution in [0, 0.1) is 6.92 Å². The van der Waals surface area contributed by atoms with Crippen molar-refractivity contribution in [1.29, 1.82) is 0 Å². The number of nitrogens with zero attached hydrogens (tertiary/aromatic N) is 2. The highest BCUT2D eigenvalue weighted by atomic mass is 32.2. The summed E-state index contributed by atoms with van der Waals surface area (Å²) in [6, 6.07) is 10.3. The molecule has 0 unspecified atom stereocenters. The molecule has 0 bridgehead atoms. The molecule has 1 heterocycles. The third-order valence-electron chi connectivity index (χ3n) is 5.56. The Hall–Kier alpha value is -2.79. The van der Waals surface area contributed by atoms with Gasteiger partial charge in [-0.1, -0.05) is 17.7 Å². The van der Waals surface area contributed by atoms with Crippen molar-refractivity contribution in [2.24, 2.45) is 0 Å². The fourth-order valence-electron chi connectivity index (χ4n) is 3.84. The number of nitrogens with one attached hydrogen (secondary N) is 2. The number of aryl methyl sites for hydroxylation is 1. The van der Waals surface area contributed by atoms with Crippen molar-refractivity contribution in [2.45, 2.75) is 19.5 Å². The molecule has 0 saturated carbocycles. The molecule has 1 fully saturated rings. The van der Waals surface area contributed by atoms with E-state index in [2.05, 4.69) is 14.9 Å². The Morgan fingerprint density at radius 2 is 1.76 bits per heavy atom. The number of alkyl halides is 3. The molecular weight excluding hydrogens is 469 g/mol. The molecule has 1 saturated heterocycles. The standard InChI is InChI=1S/C23H29F3N4O3S/c1-17-7-8-21(28-34(2,32)33)20(15-17)22(31)27-9-4-10-29-11-13-30(14-12-29)19-6-3-5-18(16-19)23(24,25)26/h3,5-8,15-16,28H,4,9-14H2,1-2H3,(H,27,31). The van der Waals surface area contributed by atoms with E-state index in [1.165, 1.54) is 12.1 Å². The lowest BCUT2D eigenvalue weighted by atomic mass is 10.1. The minimum atomic E-state index is -4.36. The lowest BCUT2D eigenvalue weighted by molar-refractivity contribution is -0.137. The van der Waals surface area contributed by atoms with Gasteiger partial charge < -0.3 is 10.2 Å². The Morgan fingerprint density at radius 3 is 2.41 bits per heavy atom. The zero-order valence-corrected chi connectivity index (χ0v) is 20.0. The summed E-state index contributed by atoms with van der Waals surface area (Å²) in [5, 5.41) is 2.83. The van der Waals surface area contributed by atoms with Gasteiger partial charge in [-0.15, -0.1) is 0 Å². The highest BCUT2D eigenvalue weighted by Gasteiger charge is 2.31. The summed E-state index contributed by atoms with van der Waals surface area (Å²) < 4.78 is 64.4. The first-order chi connectivity index (χ1) is 15.9. The number of halogens is 3. The Labute approximate surface area is 198 Å². The summed E-state index contributed by atoms with van der Waals surface area (Å²) in [6.45, 7) is 5.64. The number of amides is 1. The van der Waals surface area contributed by atoms with E-state index in [4.69, 9.17) is 0 Å². The van der Waals surface area contributed by atoms with Crippen LogP contribution in [0.15, 0.2) is 42.5 Å². The van der Waals surface area contributed by atoms with Gasteiger partial charge in [0.25, 0.3) is 5.91 Å². The van der Waals surface area contributed by atoms with Crippen molar-refractivity contribution in [3.05, 3.63) is 59.2 Å². The molecule has 3 rings (SSSR count). The predicted octanol–water partition coefficient (Wildman–Crippen LogP) is 3.33. The number of carbonyl (C=O) groups excluding carboxylic acids is 1. The zero-order valence-electron chi connectivity index (χ0n) is 19.2. The van der Waals surface area contributed by atoms with Crippen LogP contribution in [0.3, 0.4) is 0 Å². The summed E-state index contributed by atoms with van der Waals surface area (Å²) in [7, 11) is -3.52. The number of benzene rings is 2. The van der Waals surface area contributed by atoms with E-state index in [1.54, 1.807) is 24.3 Å². The molecule has 0 atom stereocenters. The van der Waals surface area contributed by atoms with Crippen molar-refractivity contribution in [2.75, 3.05) is 55.1 Å². The van der Waals surface area contributed by atoms with Gasteiger partial charge in [0.2, 0.25) is 10.0 Å². The maximum absolute atomic E-state index is 13.0. The number of anilines is 2. The molecule has 1 amide bonds. The first-order valence-corrected chi connectivity index (χ1v) is 12.8. The topological polar surface area (TPSA) is 81.7 Å². The second-order valence-corrected chi connectivity index (χ2v) is 10.2. The fourth-order valence-corrected chi connectivity index (χ4v) is 4.42. The molecule has 0 aliphatic carbocycles. The van der Waals surface area contributed by atoms with E-state index in [9.17, 15) is 26.4 Å². The maximum Gasteiger partial charge on any atom is 0.416 e. The van der Waals surface area contributed by atoms with Crippen LogP contribution < -0.4 is 14.9 Å². The van der Waals surface area contributed by atoms with E-state index in [-0.39, 0.29) is 17.2 Å². The summed E-state index contributed by atoms with van der Waals surface area (Å²) >= 11 is 0. The van der Waals surface area contributed by atoms with Crippen LogP contribution in [-0.2, 0) is 16.2 Å². The van der Waals surface area contributed by atoms with Gasteiger partial charge in [-0.3, -0.25) is 14.4 Å². The molecule has 2 aromatic rings. The minimum Gasteiger partial charge on any atom is -0.369 e. The number of piperazine rings is 1. The minimum absolute atomic E-state index is 0.233. The van der Waals surface area contributed by atoms with Gasteiger partial charge in [0.05, 0.1) is 23.1 Å². The molecule has 0 spiro atoms. The summed E-state index contributed by atoms with van der Waals surface area (Å²) in [4.78, 5) is 16.8. The van der Waals surface area contributed by atoms with Crippen LogP contribution in [0.5, 0.6) is 0 Å². The molecule has 0 aromatic heterocycles. The molecule has 11 heteroatoms. The Balaban J connectivity index is 1.46. The van der Waals surface area contributed by atoms with Gasteiger partial charge in [0.15, 0.2) is 0 Å². The van der Waals surface area contributed by atoms with Crippen LogP contribution in [0.4, 0.5) is 24.5 Å². The predicted molar refractivity (Wildman–Crippen MR) is 127 cm³/mol. The SMILES string of the molecule is Cc1ccc(NS(C)(=O)=O)c(C(=O)NCCCN2CCN(c3cccc(C(F)(F)F)c3)CC2)c1. The molecule has 186 valence electrons.